The highest BCUT2D eigenvalue weighted by Gasteiger charge is 2.26. The third-order valence-corrected chi connectivity index (χ3v) is 3.15. The number of esters is 1. The van der Waals surface area contributed by atoms with Gasteiger partial charge in [-0.25, -0.2) is 4.79 Å². The number of carbonyl (C=O) groups excluding carboxylic acids is 2. The maximum atomic E-state index is 12.3. The van der Waals surface area contributed by atoms with Gasteiger partial charge < -0.3 is 10.1 Å². The largest absolute Gasteiger partial charge is 0.460 e. The van der Waals surface area contributed by atoms with E-state index in [1.165, 1.54) is 0 Å². The van der Waals surface area contributed by atoms with Crippen LogP contribution in [0, 0.1) is 12.8 Å². The minimum atomic E-state index is -0.651. The van der Waals surface area contributed by atoms with Gasteiger partial charge in [0.1, 0.15) is 12.6 Å². The molecule has 0 aromatic heterocycles. The summed E-state index contributed by atoms with van der Waals surface area (Å²) in [6.45, 7) is 7.69. The summed E-state index contributed by atoms with van der Waals surface area (Å²) in [6.07, 6.45) is 3.56. The number of aryl methyl sites for hydroxylation is 1. The average Bonchev–Trinajstić information content (AvgIpc) is 2.44. The fourth-order valence-electron chi connectivity index (χ4n) is 1.86. The van der Waals surface area contributed by atoms with Crippen molar-refractivity contribution in [2.75, 3.05) is 6.61 Å². The van der Waals surface area contributed by atoms with E-state index in [0.717, 1.165) is 5.56 Å². The molecule has 0 aliphatic rings. The second-order valence-electron chi connectivity index (χ2n) is 5.21. The lowest BCUT2D eigenvalue weighted by atomic mass is 10.0. The topological polar surface area (TPSA) is 55.4 Å². The lowest BCUT2D eigenvalue weighted by Gasteiger charge is -2.21. The number of hydrogen-bond acceptors (Lipinski definition) is 3. The molecular weight excluding hydrogens is 266 g/mol. The first kappa shape index (κ1) is 17.0. The average molecular weight is 289 g/mol. The second kappa shape index (κ2) is 8.25. The van der Waals surface area contributed by atoms with Gasteiger partial charge in [0.15, 0.2) is 0 Å². The molecule has 1 N–H and O–H groups in total. The SMILES string of the molecule is C/C=C/COC(=O)[C@@H](NC(=O)c1ccccc1C)C(C)C. The Balaban J connectivity index is 2.77. The Hall–Kier alpha value is -2.10. The molecule has 1 rings (SSSR count). The van der Waals surface area contributed by atoms with Crippen LogP contribution >= 0.6 is 0 Å². The quantitative estimate of drug-likeness (QED) is 0.647. The molecule has 4 heteroatoms. The first-order chi connectivity index (χ1) is 9.97. The van der Waals surface area contributed by atoms with Gasteiger partial charge in [-0.2, -0.15) is 0 Å². The molecule has 0 heterocycles. The summed E-state index contributed by atoms with van der Waals surface area (Å²) in [6, 6.07) is 6.63. The molecule has 114 valence electrons. The van der Waals surface area contributed by atoms with Crippen LogP contribution in [-0.4, -0.2) is 24.5 Å². The second-order valence-corrected chi connectivity index (χ2v) is 5.21. The number of carbonyl (C=O) groups is 2. The number of amides is 1. The molecule has 1 atom stereocenters. The molecule has 0 aliphatic heterocycles. The fourth-order valence-corrected chi connectivity index (χ4v) is 1.86. The van der Waals surface area contributed by atoms with Gasteiger partial charge in [-0.15, -0.1) is 0 Å². The normalized spacial score (nSPS) is 12.4. The van der Waals surface area contributed by atoms with Crippen LogP contribution in [0.15, 0.2) is 36.4 Å². The van der Waals surface area contributed by atoms with E-state index >= 15 is 0 Å². The van der Waals surface area contributed by atoms with Crippen LogP contribution in [0.5, 0.6) is 0 Å². The highest BCUT2D eigenvalue weighted by molar-refractivity contribution is 5.98. The van der Waals surface area contributed by atoms with Gasteiger partial charge in [0.05, 0.1) is 0 Å². The molecule has 0 fully saturated rings. The van der Waals surface area contributed by atoms with E-state index in [0.29, 0.717) is 5.56 Å². The summed E-state index contributed by atoms with van der Waals surface area (Å²) in [5.74, 6) is -0.712. The van der Waals surface area contributed by atoms with Crippen molar-refractivity contribution in [2.24, 2.45) is 5.92 Å². The van der Waals surface area contributed by atoms with Gasteiger partial charge in [-0.05, 0) is 31.4 Å². The van der Waals surface area contributed by atoms with Crippen LogP contribution in [0.25, 0.3) is 0 Å². The Morgan fingerprint density at radius 2 is 1.95 bits per heavy atom. The van der Waals surface area contributed by atoms with Crippen molar-refractivity contribution in [1.29, 1.82) is 0 Å². The number of ether oxygens (including phenoxy) is 1. The number of benzene rings is 1. The number of rotatable bonds is 6. The highest BCUT2D eigenvalue weighted by Crippen LogP contribution is 2.10. The summed E-state index contributed by atoms with van der Waals surface area (Å²) < 4.78 is 5.13. The predicted octanol–water partition coefficient (Wildman–Crippen LogP) is 2.87. The first-order valence-electron chi connectivity index (χ1n) is 7.11. The van der Waals surface area contributed by atoms with Crippen molar-refractivity contribution < 1.29 is 14.3 Å². The molecular formula is C17H23NO3. The molecule has 1 aromatic carbocycles. The molecule has 4 nitrogen and oxygen atoms in total. The van der Waals surface area contributed by atoms with Gasteiger partial charge in [-0.1, -0.05) is 44.2 Å². The van der Waals surface area contributed by atoms with Crippen molar-refractivity contribution in [3.8, 4) is 0 Å². The molecule has 0 radical (unpaired) electrons. The summed E-state index contributed by atoms with van der Waals surface area (Å²) >= 11 is 0. The van der Waals surface area contributed by atoms with Crippen molar-refractivity contribution in [3.63, 3.8) is 0 Å². The van der Waals surface area contributed by atoms with Gasteiger partial charge >= 0.3 is 5.97 Å². The molecule has 0 saturated heterocycles. The van der Waals surface area contributed by atoms with Gasteiger partial charge in [0.2, 0.25) is 0 Å². The van der Waals surface area contributed by atoms with Crippen molar-refractivity contribution >= 4 is 11.9 Å². The summed E-state index contributed by atoms with van der Waals surface area (Å²) in [5.41, 5.74) is 1.45. The molecule has 0 bridgehead atoms. The zero-order valence-corrected chi connectivity index (χ0v) is 13.1. The molecule has 0 spiro atoms. The van der Waals surface area contributed by atoms with Crippen LogP contribution in [0.3, 0.4) is 0 Å². The van der Waals surface area contributed by atoms with Gasteiger partial charge in [0.25, 0.3) is 5.91 Å². The zero-order chi connectivity index (χ0) is 15.8. The van der Waals surface area contributed by atoms with Crippen molar-refractivity contribution in [3.05, 3.63) is 47.5 Å². The molecule has 1 aromatic rings. The first-order valence-corrected chi connectivity index (χ1v) is 7.11. The minimum absolute atomic E-state index is 0.0453. The molecule has 0 unspecified atom stereocenters. The van der Waals surface area contributed by atoms with Crippen molar-refractivity contribution in [1.82, 2.24) is 5.32 Å². The molecule has 1 amide bonds. The van der Waals surface area contributed by atoms with Crippen LogP contribution in [0.4, 0.5) is 0 Å². The minimum Gasteiger partial charge on any atom is -0.460 e. The van der Waals surface area contributed by atoms with Crippen LogP contribution in [0.2, 0.25) is 0 Å². The van der Waals surface area contributed by atoms with Crippen molar-refractivity contribution in [2.45, 2.75) is 33.7 Å². The van der Waals surface area contributed by atoms with E-state index < -0.39 is 12.0 Å². The van der Waals surface area contributed by atoms with Crippen LogP contribution in [0.1, 0.15) is 36.7 Å². The smallest absolute Gasteiger partial charge is 0.329 e. The maximum Gasteiger partial charge on any atom is 0.329 e. The summed E-state index contributed by atoms with van der Waals surface area (Å²) in [5, 5.41) is 2.76. The lowest BCUT2D eigenvalue weighted by molar-refractivity contribution is -0.145. The third kappa shape index (κ3) is 5.06. The molecule has 21 heavy (non-hydrogen) atoms. The summed E-state index contributed by atoms with van der Waals surface area (Å²) in [4.78, 5) is 24.3. The predicted molar refractivity (Wildman–Crippen MR) is 83.0 cm³/mol. The molecule has 0 saturated carbocycles. The fraction of sp³-hybridized carbons (Fsp3) is 0.412. The molecule has 0 aliphatic carbocycles. The Morgan fingerprint density at radius 1 is 1.29 bits per heavy atom. The van der Waals surface area contributed by atoms with E-state index in [-0.39, 0.29) is 18.4 Å². The van der Waals surface area contributed by atoms with E-state index in [1.807, 2.05) is 45.9 Å². The lowest BCUT2D eigenvalue weighted by Crippen LogP contribution is -2.45. The van der Waals surface area contributed by atoms with Crippen LogP contribution < -0.4 is 5.32 Å². The Labute approximate surface area is 126 Å². The Bertz CT molecular complexity index is 521. The maximum absolute atomic E-state index is 12.3. The van der Waals surface area contributed by atoms with Gasteiger partial charge in [0, 0.05) is 5.56 Å². The highest BCUT2D eigenvalue weighted by atomic mass is 16.5. The van der Waals surface area contributed by atoms with E-state index in [2.05, 4.69) is 5.32 Å². The third-order valence-electron chi connectivity index (χ3n) is 3.15. The van der Waals surface area contributed by atoms with E-state index in [1.54, 1.807) is 18.2 Å². The Morgan fingerprint density at radius 3 is 2.52 bits per heavy atom. The van der Waals surface area contributed by atoms with E-state index in [9.17, 15) is 9.59 Å². The Kier molecular flexibility index (Phi) is 6.66. The number of hydrogen-bond donors (Lipinski definition) is 1. The number of nitrogens with one attached hydrogen (secondary N) is 1. The van der Waals surface area contributed by atoms with E-state index in [4.69, 9.17) is 4.74 Å². The van der Waals surface area contributed by atoms with Gasteiger partial charge in [-0.3, -0.25) is 4.79 Å². The zero-order valence-electron chi connectivity index (χ0n) is 13.1. The monoisotopic (exact) mass is 289 g/mol. The number of allylic oxidation sites excluding steroid dienone is 1. The summed E-state index contributed by atoms with van der Waals surface area (Å²) in [7, 11) is 0. The van der Waals surface area contributed by atoms with Crippen LogP contribution in [-0.2, 0) is 9.53 Å². The standard InChI is InChI=1S/C17H23NO3/c1-5-6-11-21-17(20)15(12(2)3)18-16(19)14-10-8-7-9-13(14)4/h5-10,12,15H,11H2,1-4H3,(H,18,19)/b6-5+/t15-/m0/s1.